The van der Waals surface area contributed by atoms with Crippen molar-refractivity contribution < 1.29 is 19.1 Å². The number of hydrazone groups is 1. The molecule has 0 saturated heterocycles. The Bertz CT molecular complexity index is 1300. The highest BCUT2D eigenvalue weighted by atomic mass is 35.5. The lowest BCUT2D eigenvalue weighted by Crippen LogP contribution is -2.32. The highest BCUT2D eigenvalue weighted by molar-refractivity contribution is 6.44. The molecule has 0 bridgehead atoms. The van der Waals surface area contributed by atoms with Crippen LogP contribution in [0.25, 0.3) is 0 Å². The third-order valence-corrected chi connectivity index (χ3v) is 5.81. The number of nitrogens with zero attached hydrogens (tertiary/aromatic N) is 1. The number of hydrogen-bond donors (Lipinski definition) is 3. The molecule has 3 aromatic carbocycles. The third-order valence-electron chi connectivity index (χ3n) is 4.75. The van der Waals surface area contributed by atoms with Gasteiger partial charge < -0.3 is 15.4 Å². The number of carbonyl (C=O) groups is 3. The van der Waals surface area contributed by atoms with Crippen LogP contribution in [0.5, 0.6) is 5.75 Å². The molecule has 0 atom stereocenters. The first-order chi connectivity index (χ1) is 17.3. The fourth-order valence-corrected chi connectivity index (χ4v) is 3.43. The average Bonchev–Trinajstić information content (AvgIpc) is 2.86. The molecule has 3 rings (SSSR count). The van der Waals surface area contributed by atoms with Crippen molar-refractivity contribution in [2.45, 2.75) is 13.3 Å². The van der Waals surface area contributed by atoms with E-state index in [1.807, 2.05) is 19.1 Å². The van der Waals surface area contributed by atoms with Crippen LogP contribution in [0.1, 0.15) is 18.1 Å². The van der Waals surface area contributed by atoms with Gasteiger partial charge in [0, 0.05) is 16.3 Å². The Morgan fingerprint density at radius 3 is 2.42 bits per heavy atom. The van der Waals surface area contributed by atoms with Gasteiger partial charge in [0.05, 0.1) is 21.9 Å². The van der Waals surface area contributed by atoms with Crippen LogP contribution < -0.4 is 20.8 Å². The third kappa shape index (κ3) is 7.71. The summed E-state index contributed by atoms with van der Waals surface area (Å²) < 4.78 is 5.57. The lowest BCUT2D eigenvalue weighted by atomic mass is 10.1. The van der Waals surface area contributed by atoms with Crippen LogP contribution in [0.15, 0.2) is 65.8 Å². The van der Waals surface area contributed by atoms with Crippen LogP contribution in [0.3, 0.4) is 0 Å². The van der Waals surface area contributed by atoms with E-state index in [0.29, 0.717) is 27.0 Å². The second-order valence-corrected chi connectivity index (χ2v) is 8.55. The van der Waals surface area contributed by atoms with E-state index in [4.69, 9.17) is 39.5 Å². The normalized spacial score (nSPS) is 10.7. The molecule has 3 N–H and O–H groups in total. The predicted octanol–water partition coefficient (Wildman–Crippen LogP) is 5.32. The SMILES string of the molecule is CCc1ccc(NC(=O)C(=O)N/N=C\c2cc(Cl)ccc2OCC(=O)Nc2cccc(Cl)c2Cl)cc1. The van der Waals surface area contributed by atoms with Crippen molar-refractivity contribution in [1.82, 2.24) is 5.43 Å². The van der Waals surface area contributed by atoms with Gasteiger partial charge in [-0.15, -0.1) is 0 Å². The van der Waals surface area contributed by atoms with Crippen molar-refractivity contribution in [2.24, 2.45) is 5.10 Å². The van der Waals surface area contributed by atoms with E-state index in [9.17, 15) is 14.4 Å². The molecule has 8 nitrogen and oxygen atoms in total. The van der Waals surface area contributed by atoms with E-state index < -0.39 is 17.7 Å². The number of ether oxygens (including phenoxy) is 1. The fourth-order valence-electron chi connectivity index (χ4n) is 2.90. The Balaban J connectivity index is 1.58. The van der Waals surface area contributed by atoms with Crippen molar-refractivity contribution in [3.63, 3.8) is 0 Å². The molecule has 0 heterocycles. The number of halogens is 3. The van der Waals surface area contributed by atoms with Gasteiger partial charge in [-0.25, -0.2) is 5.43 Å². The first-order valence-corrected chi connectivity index (χ1v) is 11.8. The summed E-state index contributed by atoms with van der Waals surface area (Å²) in [6.45, 7) is 1.66. The maximum atomic E-state index is 12.3. The lowest BCUT2D eigenvalue weighted by Gasteiger charge is -2.11. The number of benzene rings is 3. The second-order valence-electron chi connectivity index (χ2n) is 7.32. The molecule has 0 aliphatic rings. The Morgan fingerprint density at radius 2 is 1.69 bits per heavy atom. The molecule has 0 aromatic heterocycles. The van der Waals surface area contributed by atoms with Gasteiger partial charge in [-0.05, 0) is 54.4 Å². The Morgan fingerprint density at radius 1 is 0.944 bits per heavy atom. The largest absolute Gasteiger partial charge is 0.483 e. The van der Waals surface area contributed by atoms with Crippen molar-refractivity contribution >= 4 is 70.1 Å². The molecule has 0 aliphatic carbocycles. The monoisotopic (exact) mass is 546 g/mol. The minimum Gasteiger partial charge on any atom is -0.483 e. The minimum atomic E-state index is -0.965. The van der Waals surface area contributed by atoms with E-state index >= 15 is 0 Å². The van der Waals surface area contributed by atoms with Gasteiger partial charge in [0.2, 0.25) is 0 Å². The standard InChI is InChI=1S/C25H21Cl3N4O4/c1-2-15-6-9-18(10-7-15)30-24(34)25(35)32-29-13-16-12-17(26)8-11-21(16)36-14-22(33)31-20-5-3-4-19(27)23(20)28/h3-13H,2,14H2,1H3,(H,30,34)(H,31,33)(H,32,35)/b29-13-. The zero-order valence-corrected chi connectivity index (χ0v) is 21.2. The smallest absolute Gasteiger partial charge is 0.329 e. The summed E-state index contributed by atoms with van der Waals surface area (Å²) in [5, 5.41) is 9.78. The van der Waals surface area contributed by atoms with E-state index in [1.165, 1.54) is 18.3 Å². The lowest BCUT2D eigenvalue weighted by molar-refractivity contribution is -0.136. The van der Waals surface area contributed by atoms with Crippen LogP contribution in [0.2, 0.25) is 15.1 Å². The maximum absolute atomic E-state index is 12.3. The summed E-state index contributed by atoms with van der Waals surface area (Å²) in [5.74, 6) is -2.05. The Labute approximate surface area is 222 Å². The van der Waals surface area contributed by atoms with Crippen LogP contribution in [-0.2, 0) is 20.8 Å². The number of rotatable bonds is 8. The first-order valence-electron chi connectivity index (χ1n) is 10.7. The summed E-state index contributed by atoms with van der Waals surface area (Å²) in [6, 6.07) is 16.6. The maximum Gasteiger partial charge on any atom is 0.329 e. The molecule has 0 fully saturated rings. The van der Waals surface area contributed by atoms with Crippen LogP contribution in [0, 0.1) is 0 Å². The zero-order chi connectivity index (χ0) is 26.1. The predicted molar refractivity (Wildman–Crippen MR) is 142 cm³/mol. The fraction of sp³-hybridized carbons (Fsp3) is 0.120. The van der Waals surface area contributed by atoms with E-state index in [1.54, 1.807) is 36.4 Å². The molecule has 0 aliphatic heterocycles. The number of anilines is 2. The summed E-state index contributed by atoms with van der Waals surface area (Å²) in [5.41, 5.74) is 4.45. The van der Waals surface area contributed by atoms with Gasteiger partial charge >= 0.3 is 11.8 Å². The van der Waals surface area contributed by atoms with Gasteiger partial charge in [0.25, 0.3) is 5.91 Å². The van der Waals surface area contributed by atoms with Crippen LogP contribution in [0.4, 0.5) is 11.4 Å². The van der Waals surface area contributed by atoms with Gasteiger partial charge in [-0.1, -0.05) is 59.9 Å². The number of nitrogens with one attached hydrogen (secondary N) is 3. The van der Waals surface area contributed by atoms with Crippen molar-refractivity contribution in [3.05, 3.63) is 86.9 Å². The molecule has 36 heavy (non-hydrogen) atoms. The Kier molecular flexibility index (Phi) is 9.69. The van der Waals surface area contributed by atoms with E-state index in [0.717, 1.165) is 12.0 Å². The zero-order valence-electron chi connectivity index (χ0n) is 19.0. The quantitative estimate of drug-likeness (QED) is 0.202. The molecule has 11 heteroatoms. The van der Waals surface area contributed by atoms with Crippen LogP contribution in [-0.4, -0.2) is 30.5 Å². The highest BCUT2D eigenvalue weighted by Crippen LogP contribution is 2.29. The summed E-state index contributed by atoms with van der Waals surface area (Å²) in [7, 11) is 0. The minimum absolute atomic E-state index is 0.213. The van der Waals surface area contributed by atoms with E-state index in [2.05, 4.69) is 21.2 Å². The highest BCUT2D eigenvalue weighted by Gasteiger charge is 2.14. The van der Waals surface area contributed by atoms with Gasteiger partial charge in [0.15, 0.2) is 6.61 Å². The summed E-state index contributed by atoms with van der Waals surface area (Å²) >= 11 is 18.1. The molecule has 186 valence electrons. The molecule has 3 amide bonds. The molecule has 0 saturated carbocycles. The van der Waals surface area contributed by atoms with Crippen molar-refractivity contribution in [3.8, 4) is 5.75 Å². The van der Waals surface area contributed by atoms with Crippen LogP contribution >= 0.6 is 34.8 Å². The number of hydrogen-bond acceptors (Lipinski definition) is 5. The number of amides is 3. The van der Waals surface area contributed by atoms with Gasteiger partial charge in [0.1, 0.15) is 5.75 Å². The van der Waals surface area contributed by atoms with Crippen molar-refractivity contribution in [1.29, 1.82) is 0 Å². The number of carbonyl (C=O) groups excluding carboxylic acids is 3. The molecular weight excluding hydrogens is 527 g/mol. The molecular formula is C25H21Cl3N4O4. The second kappa shape index (κ2) is 12.9. The number of aryl methyl sites for hydroxylation is 1. The molecule has 0 unspecified atom stereocenters. The van der Waals surface area contributed by atoms with Crippen molar-refractivity contribution in [2.75, 3.05) is 17.2 Å². The molecule has 3 aromatic rings. The molecule has 0 radical (unpaired) electrons. The summed E-state index contributed by atoms with van der Waals surface area (Å²) in [6.07, 6.45) is 2.10. The van der Waals surface area contributed by atoms with E-state index in [-0.39, 0.29) is 17.4 Å². The summed E-state index contributed by atoms with van der Waals surface area (Å²) in [4.78, 5) is 36.5. The first kappa shape index (κ1) is 27.0. The average molecular weight is 548 g/mol. The molecule has 0 spiro atoms. The van der Waals surface area contributed by atoms with Gasteiger partial charge in [-0.3, -0.25) is 14.4 Å². The topological polar surface area (TPSA) is 109 Å². The van der Waals surface area contributed by atoms with Gasteiger partial charge in [-0.2, -0.15) is 5.10 Å². The Hall–Kier alpha value is -3.59.